The second-order valence-electron chi connectivity index (χ2n) is 8.89. The lowest BCUT2D eigenvalue weighted by Crippen LogP contribution is -2.47. The molecular weight excluding hydrogens is 440 g/mol. The van der Waals surface area contributed by atoms with Crippen LogP contribution in [0.3, 0.4) is 0 Å². The molecule has 0 saturated carbocycles. The fourth-order valence-corrected chi connectivity index (χ4v) is 3.73. The Balaban J connectivity index is 1.61. The topological polar surface area (TPSA) is 81.6 Å². The third-order valence-electron chi connectivity index (χ3n) is 5.67. The fourth-order valence-electron chi connectivity index (χ4n) is 3.73. The van der Waals surface area contributed by atoms with Crippen molar-refractivity contribution in [3.05, 3.63) is 71.9 Å². The van der Waals surface area contributed by atoms with Gasteiger partial charge in [0.1, 0.15) is 23.1 Å². The van der Waals surface area contributed by atoms with Crippen molar-refractivity contribution in [2.24, 2.45) is 0 Å². The SMILES string of the molecule is CC(C)(CO)NC(=O)c1cc(N2CCN(c3ccc(F)cc3)CC2)nc(-c2cccc(F)c2)n1. The van der Waals surface area contributed by atoms with Crippen LogP contribution in [0.5, 0.6) is 0 Å². The molecule has 0 aliphatic carbocycles. The molecule has 1 aromatic heterocycles. The number of rotatable bonds is 6. The van der Waals surface area contributed by atoms with Crippen LogP contribution in [-0.2, 0) is 0 Å². The highest BCUT2D eigenvalue weighted by Gasteiger charge is 2.24. The van der Waals surface area contributed by atoms with Crippen LogP contribution in [0.1, 0.15) is 24.3 Å². The third-order valence-corrected chi connectivity index (χ3v) is 5.67. The third kappa shape index (κ3) is 5.48. The highest BCUT2D eigenvalue weighted by atomic mass is 19.1. The van der Waals surface area contributed by atoms with E-state index in [-0.39, 0.29) is 23.9 Å². The molecule has 7 nitrogen and oxygen atoms in total. The first-order valence-electron chi connectivity index (χ1n) is 11.1. The lowest BCUT2D eigenvalue weighted by molar-refractivity contribution is 0.0864. The minimum Gasteiger partial charge on any atom is -0.394 e. The maximum atomic E-state index is 13.9. The lowest BCUT2D eigenvalue weighted by atomic mass is 10.1. The van der Waals surface area contributed by atoms with Gasteiger partial charge in [0.25, 0.3) is 5.91 Å². The summed E-state index contributed by atoms with van der Waals surface area (Å²) < 4.78 is 27.1. The number of nitrogens with zero attached hydrogens (tertiary/aromatic N) is 4. The van der Waals surface area contributed by atoms with Crippen LogP contribution in [0.15, 0.2) is 54.6 Å². The van der Waals surface area contributed by atoms with E-state index in [9.17, 15) is 18.7 Å². The fraction of sp³-hybridized carbons (Fsp3) is 0.320. The second kappa shape index (κ2) is 9.72. The Morgan fingerprint density at radius 1 is 0.971 bits per heavy atom. The number of aliphatic hydroxyl groups excluding tert-OH is 1. The van der Waals surface area contributed by atoms with Gasteiger partial charge in [-0.05, 0) is 50.2 Å². The molecule has 1 aliphatic heterocycles. The molecule has 0 bridgehead atoms. The van der Waals surface area contributed by atoms with Gasteiger partial charge < -0.3 is 20.2 Å². The predicted octanol–water partition coefficient (Wildman–Crippen LogP) is 3.25. The molecule has 1 saturated heterocycles. The summed E-state index contributed by atoms with van der Waals surface area (Å²) in [5.74, 6) is -0.356. The van der Waals surface area contributed by atoms with Gasteiger partial charge in [-0.25, -0.2) is 18.7 Å². The first-order valence-corrected chi connectivity index (χ1v) is 11.1. The van der Waals surface area contributed by atoms with Crippen LogP contribution in [0.2, 0.25) is 0 Å². The molecule has 2 aromatic carbocycles. The lowest BCUT2D eigenvalue weighted by Gasteiger charge is -2.37. The van der Waals surface area contributed by atoms with Gasteiger partial charge in [0.05, 0.1) is 12.1 Å². The molecule has 2 N–H and O–H groups in total. The smallest absolute Gasteiger partial charge is 0.270 e. The molecule has 2 heterocycles. The number of hydrogen-bond acceptors (Lipinski definition) is 6. The van der Waals surface area contributed by atoms with Crippen molar-refractivity contribution in [1.82, 2.24) is 15.3 Å². The number of nitrogens with one attached hydrogen (secondary N) is 1. The molecule has 1 fully saturated rings. The Morgan fingerprint density at radius 3 is 2.29 bits per heavy atom. The number of anilines is 2. The summed E-state index contributed by atoms with van der Waals surface area (Å²) in [6.45, 7) is 5.79. The van der Waals surface area contributed by atoms with E-state index in [1.807, 2.05) is 4.90 Å². The minimum atomic E-state index is -0.831. The Hall–Kier alpha value is -3.59. The van der Waals surface area contributed by atoms with Crippen LogP contribution in [0, 0.1) is 11.6 Å². The summed E-state index contributed by atoms with van der Waals surface area (Å²) in [4.78, 5) is 26.1. The van der Waals surface area contributed by atoms with E-state index in [0.717, 1.165) is 5.69 Å². The van der Waals surface area contributed by atoms with Crippen molar-refractivity contribution in [2.75, 3.05) is 42.6 Å². The van der Waals surface area contributed by atoms with E-state index < -0.39 is 17.3 Å². The number of hydrogen-bond donors (Lipinski definition) is 2. The van der Waals surface area contributed by atoms with Crippen molar-refractivity contribution in [3.63, 3.8) is 0 Å². The summed E-state index contributed by atoms with van der Waals surface area (Å²) in [5, 5.41) is 12.3. The van der Waals surface area contributed by atoms with Gasteiger partial charge in [0.2, 0.25) is 0 Å². The standard InChI is InChI=1S/C25H27F2N5O2/c1-25(2,16-33)30-24(34)21-15-22(29-23(28-21)17-4-3-5-19(27)14-17)32-12-10-31(11-13-32)20-8-6-18(26)7-9-20/h3-9,14-15,33H,10-13,16H2,1-2H3,(H,30,34). The zero-order chi connectivity index (χ0) is 24.3. The zero-order valence-corrected chi connectivity index (χ0v) is 19.1. The number of aliphatic hydroxyl groups is 1. The molecule has 9 heteroatoms. The first kappa shape index (κ1) is 23.6. The molecule has 1 aliphatic rings. The molecule has 0 unspecified atom stereocenters. The number of carbonyl (C=O) groups is 1. The number of amides is 1. The van der Waals surface area contributed by atoms with E-state index in [4.69, 9.17) is 0 Å². The van der Waals surface area contributed by atoms with E-state index in [1.54, 1.807) is 44.2 Å². The van der Waals surface area contributed by atoms with Crippen molar-refractivity contribution in [2.45, 2.75) is 19.4 Å². The van der Waals surface area contributed by atoms with Crippen molar-refractivity contribution in [1.29, 1.82) is 0 Å². The maximum absolute atomic E-state index is 13.9. The molecule has 0 spiro atoms. The normalized spacial score (nSPS) is 14.3. The Kier molecular flexibility index (Phi) is 6.74. The molecule has 1 amide bonds. The van der Waals surface area contributed by atoms with Gasteiger partial charge in [-0.2, -0.15) is 0 Å². The summed E-state index contributed by atoms with van der Waals surface area (Å²) in [6.07, 6.45) is 0. The van der Waals surface area contributed by atoms with E-state index in [1.165, 1.54) is 24.3 Å². The first-order chi connectivity index (χ1) is 16.2. The Labute approximate surface area is 197 Å². The highest BCUT2D eigenvalue weighted by Crippen LogP contribution is 2.24. The summed E-state index contributed by atoms with van der Waals surface area (Å²) >= 11 is 0. The van der Waals surface area contributed by atoms with Gasteiger partial charge in [-0.15, -0.1) is 0 Å². The van der Waals surface area contributed by atoms with Crippen LogP contribution in [0.25, 0.3) is 11.4 Å². The second-order valence-corrected chi connectivity index (χ2v) is 8.89. The van der Waals surface area contributed by atoms with Crippen LogP contribution in [-0.4, -0.2) is 59.3 Å². The van der Waals surface area contributed by atoms with E-state index in [2.05, 4.69) is 20.2 Å². The predicted molar refractivity (Wildman–Crippen MR) is 127 cm³/mol. The minimum absolute atomic E-state index is 0.131. The number of carbonyl (C=O) groups excluding carboxylic acids is 1. The van der Waals surface area contributed by atoms with Gasteiger partial charge in [0, 0.05) is 43.5 Å². The summed E-state index contributed by atoms with van der Waals surface area (Å²) in [6, 6.07) is 13.9. The zero-order valence-electron chi connectivity index (χ0n) is 19.1. The number of halogens is 2. The van der Waals surface area contributed by atoms with Crippen molar-refractivity contribution < 1.29 is 18.7 Å². The highest BCUT2D eigenvalue weighted by molar-refractivity contribution is 5.94. The number of aromatic nitrogens is 2. The van der Waals surface area contributed by atoms with Gasteiger partial charge in [-0.1, -0.05) is 12.1 Å². The molecule has 34 heavy (non-hydrogen) atoms. The number of piperazine rings is 1. The molecule has 3 aromatic rings. The Morgan fingerprint density at radius 2 is 1.65 bits per heavy atom. The largest absolute Gasteiger partial charge is 0.394 e. The van der Waals surface area contributed by atoms with Crippen LogP contribution < -0.4 is 15.1 Å². The van der Waals surface area contributed by atoms with Crippen molar-refractivity contribution in [3.8, 4) is 11.4 Å². The Bertz CT molecular complexity index is 1160. The summed E-state index contributed by atoms with van der Waals surface area (Å²) in [7, 11) is 0. The monoisotopic (exact) mass is 467 g/mol. The maximum Gasteiger partial charge on any atom is 0.270 e. The summed E-state index contributed by atoms with van der Waals surface area (Å²) in [5.41, 5.74) is 0.701. The molecule has 0 radical (unpaired) electrons. The number of benzene rings is 2. The van der Waals surface area contributed by atoms with E-state index >= 15 is 0 Å². The quantitative estimate of drug-likeness (QED) is 0.579. The van der Waals surface area contributed by atoms with Gasteiger partial charge >= 0.3 is 0 Å². The van der Waals surface area contributed by atoms with Crippen LogP contribution in [0.4, 0.5) is 20.3 Å². The van der Waals surface area contributed by atoms with Crippen LogP contribution >= 0.6 is 0 Å². The molecule has 178 valence electrons. The molecule has 4 rings (SSSR count). The average Bonchev–Trinajstić information content (AvgIpc) is 2.84. The van der Waals surface area contributed by atoms with Crippen molar-refractivity contribution >= 4 is 17.4 Å². The molecule has 0 atom stereocenters. The van der Waals surface area contributed by atoms with E-state index in [0.29, 0.717) is 37.6 Å². The average molecular weight is 468 g/mol. The van der Waals surface area contributed by atoms with Gasteiger partial charge in [-0.3, -0.25) is 4.79 Å². The van der Waals surface area contributed by atoms with Gasteiger partial charge in [0.15, 0.2) is 5.82 Å². The molecular formula is C25H27F2N5O2.